The van der Waals surface area contributed by atoms with Crippen molar-refractivity contribution in [2.45, 2.75) is 30.6 Å². The van der Waals surface area contributed by atoms with Gasteiger partial charge in [-0.05, 0) is 35.7 Å². The number of amides is 1. The van der Waals surface area contributed by atoms with E-state index in [1.54, 1.807) is 55.5 Å². The first-order valence-corrected chi connectivity index (χ1v) is 10.4. The molecule has 0 saturated heterocycles. The van der Waals surface area contributed by atoms with E-state index >= 15 is 0 Å². The van der Waals surface area contributed by atoms with Gasteiger partial charge in [0, 0.05) is 18.7 Å². The molecule has 0 spiro atoms. The molecule has 1 aliphatic rings. The van der Waals surface area contributed by atoms with Gasteiger partial charge in [-0.1, -0.05) is 37.3 Å². The van der Waals surface area contributed by atoms with Crippen molar-refractivity contribution in [3.63, 3.8) is 0 Å². The van der Waals surface area contributed by atoms with Crippen molar-refractivity contribution in [1.82, 2.24) is 0 Å². The second-order valence-corrected chi connectivity index (χ2v) is 8.78. The van der Waals surface area contributed by atoms with Gasteiger partial charge >= 0.3 is 5.97 Å². The van der Waals surface area contributed by atoms with Gasteiger partial charge in [0.15, 0.2) is 9.84 Å². The summed E-state index contributed by atoms with van der Waals surface area (Å²) in [4.78, 5) is 25.9. The van der Waals surface area contributed by atoms with E-state index in [2.05, 4.69) is 0 Å². The van der Waals surface area contributed by atoms with Crippen molar-refractivity contribution in [3.05, 3.63) is 59.7 Å². The molecule has 1 N–H and O–H groups in total. The van der Waals surface area contributed by atoms with Gasteiger partial charge in [-0.2, -0.15) is 0 Å². The van der Waals surface area contributed by atoms with Gasteiger partial charge in [0.05, 0.1) is 10.6 Å². The largest absolute Gasteiger partial charge is 0.481 e. The minimum absolute atomic E-state index is 0.0456. The average molecular weight is 387 g/mol. The van der Waals surface area contributed by atoms with Gasteiger partial charge < -0.3 is 10.0 Å². The number of aliphatic carboxylic acids is 1. The predicted molar refractivity (Wildman–Crippen MR) is 102 cm³/mol. The summed E-state index contributed by atoms with van der Waals surface area (Å²) < 4.78 is 23.7. The second kappa shape index (κ2) is 7.52. The van der Waals surface area contributed by atoms with Crippen LogP contribution in [-0.4, -0.2) is 37.7 Å². The Morgan fingerprint density at radius 1 is 1.11 bits per heavy atom. The van der Waals surface area contributed by atoms with Crippen molar-refractivity contribution in [2.24, 2.45) is 0 Å². The second-order valence-electron chi connectivity index (χ2n) is 6.50. The molecule has 1 heterocycles. The molecular weight excluding hydrogens is 366 g/mol. The highest BCUT2D eigenvalue weighted by atomic mass is 32.2. The number of rotatable bonds is 6. The van der Waals surface area contributed by atoms with Gasteiger partial charge in [0.2, 0.25) is 5.91 Å². The molecule has 0 aromatic heterocycles. The van der Waals surface area contributed by atoms with Crippen molar-refractivity contribution in [2.75, 3.05) is 17.2 Å². The van der Waals surface area contributed by atoms with E-state index in [9.17, 15) is 23.1 Å². The first-order chi connectivity index (χ1) is 12.8. The normalized spacial score (nSPS) is 16.2. The Morgan fingerprint density at radius 2 is 1.78 bits per heavy atom. The molecule has 3 rings (SSSR count). The molecule has 1 atom stereocenters. The molecule has 0 aliphatic carbocycles. The number of para-hydroxylation sites is 1. The zero-order valence-electron chi connectivity index (χ0n) is 15.0. The lowest BCUT2D eigenvalue weighted by Crippen LogP contribution is -2.31. The summed E-state index contributed by atoms with van der Waals surface area (Å²) >= 11 is 0. The molecule has 142 valence electrons. The minimum Gasteiger partial charge on any atom is -0.481 e. The molecule has 2 aromatic rings. The van der Waals surface area contributed by atoms with E-state index in [0.717, 1.165) is 5.56 Å². The van der Waals surface area contributed by atoms with Crippen LogP contribution in [0.5, 0.6) is 0 Å². The van der Waals surface area contributed by atoms with Crippen LogP contribution in [0.3, 0.4) is 0 Å². The Labute approximate surface area is 158 Å². The van der Waals surface area contributed by atoms with E-state index in [0.29, 0.717) is 17.7 Å². The zero-order chi connectivity index (χ0) is 19.6. The summed E-state index contributed by atoms with van der Waals surface area (Å²) in [7, 11) is -3.24. The summed E-state index contributed by atoms with van der Waals surface area (Å²) in [5, 5.41) is 9.39. The first-order valence-electron chi connectivity index (χ1n) is 8.77. The monoisotopic (exact) mass is 387 g/mol. The van der Waals surface area contributed by atoms with Crippen molar-refractivity contribution >= 4 is 27.4 Å². The Morgan fingerprint density at radius 3 is 2.41 bits per heavy atom. The van der Waals surface area contributed by atoms with Crippen LogP contribution < -0.4 is 4.90 Å². The molecule has 0 fully saturated rings. The molecule has 27 heavy (non-hydrogen) atoms. The number of anilines is 1. The lowest BCUT2D eigenvalue weighted by molar-refractivity contribution is -0.138. The van der Waals surface area contributed by atoms with Crippen LogP contribution in [0.15, 0.2) is 53.4 Å². The minimum atomic E-state index is -3.24. The van der Waals surface area contributed by atoms with Gasteiger partial charge in [0.1, 0.15) is 5.92 Å². The summed E-state index contributed by atoms with van der Waals surface area (Å²) in [6.07, 6.45) is 0.683. The van der Waals surface area contributed by atoms with Crippen LogP contribution in [0.2, 0.25) is 0 Å². The van der Waals surface area contributed by atoms with E-state index < -0.39 is 21.7 Å². The number of nitrogens with zero attached hydrogens (tertiary/aromatic N) is 1. The molecule has 2 aromatic carbocycles. The Balaban J connectivity index is 1.69. The van der Waals surface area contributed by atoms with Crippen molar-refractivity contribution < 1.29 is 23.1 Å². The highest BCUT2D eigenvalue weighted by molar-refractivity contribution is 7.91. The lowest BCUT2D eigenvalue weighted by Gasteiger charge is -2.17. The van der Waals surface area contributed by atoms with Gasteiger partial charge in [-0.25, -0.2) is 8.42 Å². The highest BCUT2D eigenvalue weighted by Crippen LogP contribution is 2.36. The summed E-state index contributed by atoms with van der Waals surface area (Å²) in [6.45, 7) is 1.74. The first kappa shape index (κ1) is 19.1. The fraction of sp³-hybridized carbons (Fsp3) is 0.300. The van der Waals surface area contributed by atoms with Crippen LogP contribution in [0.1, 0.15) is 30.4 Å². The molecule has 1 amide bonds. The number of benzene rings is 2. The molecule has 1 aliphatic heterocycles. The zero-order valence-corrected chi connectivity index (χ0v) is 15.8. The third-order valence-corrected chi connectivity index (χ3v) is 6.61. The topological polar surface area (TPSA) is 91.8 Å². The van der Waals surface area contributed by atoms with E-state index in [-0.39, 0.29) is 29.5 Å². The number of aryl methyl sites for hydroxylation is 1. The smallest absolute Gasteiger partial charge is 0.312 e. The molecule has 0 radical (unpaired) electrons. The Kier molecular flexibility index (Phi) is 5.32. The van der Waals surface area contributed by atoms with Crippen LogP contribution in [-0.2, 0) is 25.8 Å². The predicted octanol–water partition coefficient (Wildman–Crippen LogP) is 2.63. The maximum atomic E-state index is 12.7. The van der Waals surface area contributed by atoms with Crippen LogP contribution in [0, 0.1) is 0 Å². The molecule has 6 nitrogen and oxygen atoms in total. The van der Waals surface area contributed by atoms with Crippen LogP contribution >= 0.6 is 0 Å². The molecule has 7 heteroatoms. The third kappa shape index (κ3) is 3.88. The molecule has 0 saturated carbocycles. The SMILES string of the molecule is CCS(=O)(=O)c1ccc(CCC(=O)N2CC(C(=O)O)c3ccccc32)cc1. The maximum absolute atomic E-state index is 12.7. The number of carbonyl (C=O) groups is 2. The standard InChI is InChI=1S/C20H21NO5S/c1-2-27(25,26)15-10-7-14(8-11-15)9-12-19(22)21-13-17(20(23)24)16-5-3-4-6-18(16)21/h3-8,10-11,17H,2,9,12-13H2,1H3,(H,23,24). The lowest BCUT2D eigenvalue weighted by atomic mass is 10.0. The van der Waals surface area contributed by atoms with Gasteiger partial charge in [-0.15, -0.1) is 0 Å². The van der Waals surface area contributed by atoms with Crippen LogP contribution in [0.25, 0.3) is 0 Å². The molecule has 1 unspecified atom stereocenters. The van der Waals surface area contributed by atoms with E-state index in [4.69, 9.17) is 0 Å². The average Bonchev–Trinajstić information content (AvgIpc) is 3.06. The number of hydrogen-bond acceptors (Lipinski definition) is 4. The fourth-order valence-corrected chi connectivity index (χ4v) is 4.15. The number of fused-ring (bicyclic) bond motifs is 1. The van der Waals surface area contributed by atoms with E-state index in [1.165, 1.54) is 4.90 Å². The quantitative estimate of drug-likeness (QED) is 0.823. The molecular formula is C20H21NO5S. The summed E-state index contributed by atoms with van der Waals surface area (Å²) in [6, 6.07) is 13.6. The summed E-state index contributed by atoms with van der Waals surface area (Å²) in [5.74, 6) is -1.74. The number of carboxylic acids is 1. The van der Waals surface area contributed by atoms with E-state index in [1.807, 2.05) is 0 Å². The van der Waals surface area contributed by atoms with Gasteiger partial charge in [-0.3, -0.25) is 9.59 Å². The maximum Gasteiger partial charge on any atom is 0.312 e. The molecule has 0 bridgehead atoms. The van der Waals surface area contributed by atoms with Crippen LogP contribution in [0.4, 0.5) is 5.69 Å². The fourth-order valence-electron chi connectivity index (χ4n) is 3.27. The van der Waals surface area contributed by atoms with Crippen molar-refractivity contribution in [1.29, 1.82) is 0 Å². The Bertz CT molecular complexity index is 966. The Hall–Kier alpha value is -2.67. The number of sulfone groups is 1. The highest BCUT2D eigenvalue weighted by Gasteiger charge is 2.35. The van der Waals surface area contributed by atoms with Gasteiger partial charge in [0.25, 0.3) is 0 Å². The van der Waals surface area contributed by atoms with Crippen molar-refractivity contribution in [3.8, 4) is 0 Å². The third-order valence-electron chi connectivity index (χ3n) is 4.86. The number of hydrogen-bond donors (Lipinski definition) is 1. The summed E-state index contributed by atoms with van der Waals surface area (Å²) in [5.41, 5.74) is 2.17. The number of carboxylic acid groups (broad SMARTS) is 1. The number of carbonyl (C=O) groups excluding carboxylic acids is 1.